The molecule has 1 amide bonds. The van der Waals surface area contributed by atoms with E-state index in [1.165, 1.54) is 10.9 Å². The maximum absolute atomic E-state index is 12.5. The molecule has 1 aliphatic rings. The van der Waals surface area contributed by atoms with Crippen molar-refractivity contribution in [2.24, 2.45) is 0 Å². The molecule has 0 aromatic carbocycles. The highest BCUT2D eigenvalue weighted by Crippen LogP contribution is 2.27. The molecule has 0 N–H and O–H groups in total. The Morgan fingerprint density at radius 3 is 2.46 bits per heavy atom. The zero-order chi connectivity index (χ0) is 17.2. The van der Waals surface area contributed by atoms with E-state index in [-0.39, 0.29) is 11.5 Å². The second-order valence-corrected chi connectivity index (χ2v) is 6.61. The molecule has 0 bridgehead atoms. The third-order valence-electron chi connectivity index (χ3n) is 3.92. The van der Waals surface area contributed by atoms with Crippen molar-refractivity contribution in [3.05, 3.63) is 52.0 Å². The minimum atomic E-state index is -4.49. The minimum absolute atomic E-state index is 0.190. The number of carbonyl (C=O) groups excluding carboxylic acids is 1. The average Bonchev–Trinajstić information content (AvgIpc) is 3.07. The number of rotatable bonds is 3. The first-order valence-corrected chi connectivity index (χ1v) is 8.39. The van der Waals surface area contributed by atoms with Gasteiger partial charge in [-0.15, -0.1) is 11.3 Å². The molecule has 0 saturated carbocycles. The SMILES string of the molecule is O=C(c1ccc(C(F)(F)F)nc1)N1CCN(Cc2cccs2)CC1. The van der Waals surface area contributed by atoms with Crippen LogP contribution in [-0.2, 0) is 12.7 Å². The lowest BCUT2D eigenvalue weighted by Crippen LogP contribution is -2.48. The van der Waals surface area contributed by atoms with E-state index in [1.54, 1.807) is 16.2 Å². The summed E-state index contributed by atoms with van der Waals surface area (Å²) < 4.78 is 37.5. The molecule has 128 valence electrons. The number of carbonyl (C=O) groups is 1. The molecule has 2 aromatic heterocycles. The van der Waals surface area contributed by atoms with E-state index < -0.39 is 11.9 Å². The highest BCUT2D eigenvalue weighted by atomic mass is 32.1. The maximum atomic E-state index is 12.5. The second-order valence-electron chi connectivity index (χ2n) is 5.58. The van der Waals surface area contributed by atoms with E-state index in [1.807, 2.05) is 11.4 Å². The van der Waals surface area contributed by atoms with Gasteiger partial charge in [-0.1, -0.05) is 6.07 Å². The highest BCUT2D eigenvalue weighted by Gasteiger charge is 2.32. The largest absolute Gasteiger partial charge is 0.433 e. The zero-order valence-corrected chi connectivity index (χ0v) is 13.6. The Labute approximate surface area is 141 Å². The van der Waals surface area contributed by atoms with Crippen LogP contribution in [0.3, 0.4) is 0 Å². The van der Waals surface area contributed by atoms with Gasteiger partial charge >= 0.3 is 6.18 Å². The van der Waals surface area contributed by atoms with Gasteiger partial charge in [-0.05, 0) is 23.6 Å². The summed E-state index contributed by atoms with van der Waals surface area (Å²) in [5.41, 5.74) is -0.797. The first-order valence-electron chi connectivity index (χ1n) is 7.51. The summed E-state index contributed by atoms with van der Waals surface area (Å²) in [6, 6.07) is 6.13. The molecule has 0 spiro atoms. The average molecular weight is 355 g/mol. The molecule has 3 rings (SSSR count). The van der Waals surface area contributed by atoms with Gasteiger partial charge in [0.15, 0.2) is 0 Å². The molecule has 24 heavy (non-hydrogen) atoms. The predicted octanol–water partition coefficient (Wildman–Crippen LogP) is 3.12. The van der Waals surface area contributed by atoms with Gasteiger partial charge < -0.3 is 4.90 Å². The fourth-order valence-electron chi connectivity index (χ4n) is 2.60. The number of thiophene rings is 1. The lowest BCUT2D eigenvalue weighted by Gasteiger charge is -2.34. The Hall–Kier alpha value is -1.93. The lowest BCUT2D eigenvalue weighted by atomic mass is 10.2. The zero-order valence-electron chi connectivity index (χ0n) is 12.8. The number of nitrogens with zero attached hydrogens (tertiary/aromatic N) is 3. The number of halogens is 3. The van der Waals surface area contributed by atoms with Gasteiger partial charge in [0, 0.05) is 43.8 Å². The number of pyridine rings is 1. The van der Waals surface area contributed by atoms with Crippen LogP contribution in [0.5, 0.6) is 0 Å². The Morgan fingerprint density at radius 1 is 1.17 bits per heavy atom. The fourth-order valence-corrected chi connectivity index (χ4v) is 3.35. The molecule has 0 aliphatic carbocycles. The topological polar surface area (TPSA) is 36.4 Å². The van der Waals surface area contributed by atoms with Crippen molar-refractivity contribution < 1.29 is 18.0 Å². The second kappa shape index (κ2) is 6.90. The van der Waals surface area contributed by atoms with Gasteiger partial charge in [0.25, 0.3) is 5.91 Å². The first-order chi connectivity index (χ1) is 11.4. The number of piperazine rings is 1. The van der Waals surface area contributed by atoms with Crippen LogP contribution in [0.15, 0.2) is 35.8 Å². The van der Waals surface area contributed by atoms with Crippen molar-refractivity contribution in [1.82, 2.24) is 14.8 Å². The summed E-state index contributed by atoms with van der Waals surface area (Å²) in [6.07, 6.45) is -3.49. The fraction of sp³-hybridized carbons (Fsp3) is 0.375. The molecule has 1 aliphatic heterocycles. The summed E-state index contributed by atoms with van der Waals surface area (Å²) in [4.78, 5) is 20.9. The number of hydrogen-bond acceptors (Lipinski definition) is 4. The van der Waals surface area contributed by atoms with E-state index >= 15 is 0 Å². The molecule has 0 radical (unpaired) electrons. The minimum Gasteiger partial charge on any atom is -0.336 e. The summed E-state index contributed by atoms with van der Waals surface area (Å²) in [7, 11) is 0. The Balaban J connectivity index is 1.57. The van der Waals surface area contributed by atoms with Crippen LogP contribution in [-0.4, -0.2) is 46.9 Å². The van der Waals surface area contributed by atoms with Crippen LogP contribution in [0, 0.1) is 0 Å². The van der Waals surface area contributed by atoms with Crippen LogP contribution in [0.4, 0.5) is 13.2 Å². The van der Waals surface area contributed by atoms with Gasteiger partial charge in [-0.2, -0.15) is 13.2 Å². The number of aromatic nitrogens is 1. The predicted molar refractivity (Wildman–Crippen MR) is 84.7 cm³/mol. The number of amides is 1. The standard InChI is InChI=1S/C16H16F3N3OS/c17-16(18,19)14-4-3-12(10-20-14)15(23)22-7-5-21(6-8-22)11-13-2-1-9-24-13/h1-4,9-10H,5-8,11H2. The molecule has 4 nitrogen and oxygen atoms in total. The van der Waals surface area contributed by atoms with Gasteiger partial charge in [-0.3, -0.25) is 14.7 Å². The summed E-state index contributed by atoms with van der Waals surface area (Å²) in [6.45, 7) is 3.48. The summed E-state index contributed by atoms with van der Waals surface area (Å²) >= 11 is 1.70. The van der Waals surface area contributed by atoms with Crippen LogP contribution in [0.2, 0.25) is 0 Å². The number of hydrogen-bond donors (Lipinski definition) is 0. The number of alkyl halides is 3. The van der Waals surface area contributed by atoms with Crippen molar-refractivity contribution in [1.29, 1.82) is 0 Å². The van der Waals surface area contributed by atoms with Crippen LogP contribution in [0.25, 0.3) is 0 Å². The monoisotopic (exact) mass is 355 g/mol. The van der Waals surface area contributed by atoms with Crippen LogP contribution in [0.1, 0.15) is 20.9 Å². The normalized spacial score (nSPS) is 16.4. The van der Waals surface area contributed by atoms with Gasteiger partial charge in [0.1, 0.15) is 5.69 Å². The molecule has 0 atom stereocenters. The molecule has 0 unspecified atom stereocenters. The third kappa shape index (κ3) is 3.93. The summed E-state index contributed by atoms with van der Waals surface area (Å²) in [5.74, 6) is -0.271. The Morgan fingerprint density at radius 2 is 1.92 bits per heavy atom. The Kier molecular flexibility index (Phi) is 4.86. The molecule has 1 saturated heterocycles. The molecule has 8 heteroatoms. The van der Waals surface area contributed by atoms with E-state index in [4.69, 9.17) is 0 Å². The maximum Gasteiger partial charge on any atom is 0.433 e. The van der Waals surface area contributed by atoms with Crippen LogP contribution < -0.4 is 0 Å². The van der Waals surface area contributed by atoms with E-state index in [2.05, 4.69) is 16.0 Å². The van der Waals surface area contributed by atoms with E-state index in [0.29, 0.717) is 13.1 Å². The van der Waals surface area contributed by atoms with Gasteiger partial charge in [0.05, 0.1) is 5.56 Å². The molecular weight excluding hydrogens is 339 g/mol. The van der Waals surface area contributed by atoms with Crippen LogP contribution >= 0.6 is 11.3 Å². The van der Waals surface area contributed by atoms with Crippen molar-refractivity contribution in [2.45, 2.75) is 12.7 Å². The van der Waals surface area contributed by atoms with Gasteiger partial charge in [-0.25, -0.2) is 0 Å². The van der Waals surface area contributed by atoms with Crippen molar-refractivity contribution in [2.75, 3.05) is 26.2 Å². The highest BCUT2D eigenvalue weighted by molar-refractivity contribution is 7.09. The molecular formula is C16H16F3N3OS. The lowest BCUT2D eigenvalue weighted by molar-refractivity contribution is -0.141. The smallest absolute Gasteiger partial charge is 0.336 e. The third-order valence-corrected chi connectivity index (χ3v) is 4.78. The molecule has 1 fully saturated rings. The first kappa shape index (κ1) is 16.9. The van der Waals surface area contributed by atoms with E-state index in [9.17, 15) is 18.0 Å². The Bertz CT molecular complexity index is 678. The van der Waals surface area contributed by atoms with E-state index in [0.717, 1.165) is 31.9 Å². The van der Waals surface area contributed by atoms with Crippen molar-refractivity contribution in [3.8, 4) is 0 Å². The summed E-state index contributed by atoms with van der Waals surface area (Å²) in [5, 5.41) is 2.03. The van der Waals surface area contributed by atoms with Crippen molar-refractivity contribution in [3.63, 3.8) is 0 Å². The van der Waals surface area contributed by atoms with Gasteiger partial charge in [0.2, 0.25) is 0 Å². The molecule has 2 aromatic rings. The van der Waals surface area contributed by atoms with Crippen molar-refractivity contribution >= 4 is 17.2 Å². The quantitative estimate of drug-likeness (QED) is 0.849. The molecule has 3 heterocycles.